The predicted molar refractivity (Wildman–Crippen MR) is 70.7 cm³/mol. The molecule has 1 aliphatic heterocycles. The summed E-state index contributed by atoms with van der Waals surface area (Å²) in [4.78, 5) is 4.05. The number of nitrogens with zero attached hydrogens (tertiary/aromatic N) is 1. The van der Waals surface area contributed by atoms with Crippen LogP contribution < -0.4 is 11.1 Å². The van der Waals surface area contributed by atoms with Crippen LogP contribution in [0.15, 0.2) is 18.5 Å². The van der Waals surface area contributed by atoms with Gasteiger partial charge in [-0.2, -0.15) is 23.5 Å². The number of rotatable bonds is 3. The van der Waals surface area contributed by atoms with Gasteiger partial charge in [0, 0.05) is 35.3 Å². The highest BCUT2D eigenvalue weighted by molar-refractivity contribution is 8.06. The third-order valence-electron chi connectivity index (χ3n) is 2.18. The van der Waals surface area contributed by atoms with Gasteiger partial charge in [-0.05, 0) is 6.07 Å². The number of nitrogen functional groups attached to an aromatic ring is 1. The number of nitrogens with one attached hydrogen (secondary N) is 1. The van der Waals surface area contributed by atoms with Gasteiger partial charge in [-0.25, -0.2) is 0 Å². The van der Waals surface area contributed by atoms with Crippen LogP contribution in [0, 0.1) is 0 Å². The molecular weight excluding hydrogens is 226 g/mol. The normalized spacial score (nSPS) is 21.2. The number of hydrogen-bond donors (Lipinski definition) is 2. The molecule has 3 N–H and O–H groups in total. The van der Waals surface area contributed by atoms with Gasteiger partial charge >= 0.3 is 0 Å². The number of pyridine rings is 1. The highest BCUT2D eigenvalue weighted by Gasteiger charge is 2.13. The van der Waals surface area contributed by atoms with Crippen LogP contribution >= 0.6 is 23.5 Å². The number of nitrogens with two attached hydrogens (primary N) is 1. The molecule has 15 heavy (non-hydrogen) atoms. The van der Waals surface area contributed by atoms with Crippen molar-refractivity contribution in [1.29, 1.82) is 0 Å². The van der Waals surface area contributed by atoms with E-state index in [4.69, 9.17) is 5.73 Å². The summed E-state index contributed by atoms with van der Waals surface area (Å²) in [5.74, 6) is 3.81. The molecule has 1 fully saturated rings. The van der Waals surface area contributed by atoms with Crippen molar-refractivity contribution in [2.45, 2.75) is 5.25 Å². The molecular formula is C10H15N3S2. The lowest BCUT2D eigenvalue weighted by Crippen LogP contribution is -2.23. The van der Waals surface area contributed by atoms with Crippen molar-refractivity contribution >= 4 is 34.9 Å². The summed E-state index contributed by atoms with van der Waals surface area (Å²) in [5.41, 5.74) is 7.39. The summed E-state index contributed by atoms with van der Waals surface area (Å²) in [7, 11) is 0. The summed E-state index contributed by atoms with van der Waals surface area (Å²) < 4.78 is 0. The quantitative estimate of drug-likeness (QED) is 0.847. The first-order valence-electron chi connectivity index (χ1n) is 4.98. The van der Waals surface area contributed by atoms with Crippen LogP contribution in [-0.4, -0.2) is 34.0 Å². The van der Waals surface area contributed by atoms with Gasteiger partial charge in [-0.15, -0.1) is 0 Å². The van der Waals surface area contributed by atoms with Crippen molar-refractivity contribution in [1.82, 2.24) is 4.98 Å². The van der Waals surface area contributed by atoms with Crippen molar-refractivity contribution in [3.05, 3.63) is 18.5 Å². The van der Waals surface area contributed by atoms with Crippen molar-refractivity contribution < 1.29 is 0 Å². The van der Waals surface area contributed by atoms with E-state index in [1.54, 1.807) is 6.20 Å². The summed E-state index contributed by atoms with van der Waals surface area (Å²) in [6.07, 6.45) is 3.48. The van der Waals surface area contributed by atoms with Crippen LogP contribution in [0.25, 0.3) is 0 Å². The molecule has 2 heterocycles. The Balaban J connectivity index is 1.81. The minimum absolute atomic E-state index is 0.713. The van der Waals surface area contributed by atoms with E-state index in [0.717, 1.165) is 12.2 Å². The third kappa shape index (κ3) is 3.50. The molecule has 0 amide bonds. The Morgan fingerprint density at radius 2 is 2.40 bits per heavy atom. The molecule has 82 valence electrons. The fraction of sp³-hybridized carbons (Fsp3) is 0.500. The zero-order chi connectivity index (χ0) is 10.5. The molecule has 0 spiro atoms. The van der Waals surface area contributed by atoms with E-state index in [0.29, 0.717) is 10.9 Å². The van der Waals surface area contributed by atoms with Crippen LogP contribution in [0.3, 0.4) is 0 Å². The Kier molecular flexibility index (Phi) is 4.02. The number of hydrogen-bond acceptors (Lipinski definition) is 5. The van der Waals surface area contributed by atoms with E-state index in [9.17, 15) is 0 Å². The zero-order valence-electron chi connectivity index (χ0n) is 8.48. The van der Waals surface area contributed by atoms with Crippen molar-refractivity contribution in [2.24, 2.45) is 0 Å². The average molecular weight is 241 g/mol. The Morgan fingerprint density at radius 1 is 1.47 bits per heavy atom. The predicted octanol–water partition coefficient (Wildman–Crippen LogP) is 1.92. The zero-order valence-corrected chi connectivity index (χ0v) is 10.1. The van der Waals surface area contributed by atoms with Crippen LogP contribution in [-0.2, 0) is 0 Å². The molecule has 1 aliphatic rings. The number of aromatic nitrogens is 1. The minimum atomic E-state index is 0.713. The van der Waals surface area contributed by atoms with E-state index < -0.39 is 0 Å². The highest BCUT2D eigenvalue weighted by Crippen LogP contribution is 2.24. The lowest BCUT2D eigenvalue weighted by atomic mass is 10.3. The SMILES string of the molecule is Nc1cncc(NCC2CSCCS2)c1. The summed E-state index contributed by atoms with van der Waals surface area (Å²) in [6, 6.07) is 1.92. The Hall–Kier alpha value is -0.550. The molecule has 5 heteroatoms. The molecule has 1 aromatic heterocycles. The van der Waals surface area contributed by atoms with Crippen molar-refractivity contribution in [2.75, 3.05) is 34.9 Å². The Morgan fingerprint density at radius 3 is 3.13 bits per heavy atom. The second kappa shape index (κ2) is 5.51. The van der Waals surface area contributed by atoms with Gasteiger partial charge in [0.2, 0.25) is 0 Å². The van der Waals surface area contributed by atoms with Crippen LogP contribution in [0.2, 0.25) is 0 Å². The minimum Gasteiger partial charge on any atom is -0.397 e. The molecule has 0 aromatic carbocycles. The lowest BCUT2D eigenvalue weighted by molar-refractivity contribution is 1.00. The first-order valence-corrected chi connectivity index (χ1v) is 7.19. The maximum atomic E-state index is 5.66. The maximum absolute atomic E-state index is 5.66. The van der Waals surface area contributed by atoms with Gasteiger partial charge in [0.1, 0.15) is 0 Å². The van der Waals surface area contributed by atoms with E-state index in [1.165, 1.54) is 17.3 Å². The largest absolute Gasteiger partial charge is 0.397 e. The first kappa shape index (κ1) is 11.0. The topological polar surface area (TPSA) is 50.9 Å². The first-order chi connectivity index (χ1) is 7.34. The Bertz CT molecular complexity index is 313. The van der Waals surface area contributed by atoms with Crippen LogP contribution in [0.5, 0.6) is 0 Å². The van der Waals surface area contributed by atoms with E-state index in [2.05, 4.69) is 22.1 Å². The van der Waals surface area contributed by atoms with Gasteiger partial charge in [0.25, 0.3) is 0 Å². The molecule has 0 saturated carbocycles. The van der Waals surface area contributed by atoms with E-state index in [-0.39, 0.29) is 0 Å². The monoisotopic (exact) mass is 241 g/mol. The molecule has 0 radical (unpaired) electrons. The number of thioether (sulfide) groups is 2. The molecule has 3 nitrogen and oxygen atoms in total. The summed E-state index contributed by atoms with van der Waals surface area (Å²) in [5, 5.41) is 4.09. The number of anilines is 2. The van der Waals surface area contributed by atoms with Gasteiger partial charge in [-0.1, -0.05) is 0 Å². The molecule has 1 unspecified atom stereocenters. The van der Waals surface area contributed by atoms with Gasteiger partial charge in [0.05, 0.1) is 17.6 Å². The van der Waals surface area contributed by atoms with Gasteiger partial charge in [0.15, 0.2) is 0 Å². The molecule has 1 saturated heterocycles. The van der Waals surface area contributed by atoms with Crippen LogP contribution in [0.1, 0.15) is 0 Å². The van der Waals surface area contributed by atoms with E-state index >= 15 is 0 Å². The molecule has 2 rings (SSSR count). The van der Waals surface area contributed by atoms with Gasteiger partial charge < -0.3 is 11.1 Å². The second-order valence-electron chi connectivity index (χ2n) is 3.46. The Labute approximate surface area is 98.6 Å². The standard InChI is InChI=1S/C10H15N3S2/c11-8-3-9(5-12-4-8)13-6-10-7-14-1-2-15-10/h3-5,10,13H,1-2,6-7,11H2. The van der Waals surface area contributed by atoms with Gasteiger partial charge in [-0.3, -0.25) is 4.98 Å². The molecule has 1 atom stereocenters. The fourth-order valence-corrected chi connectivity index (χ4v) is 4.05. The maximum Gasteiger partial charge on any atom is 0.0547 e. The van der Waals surface area contributed by atoms with Crippen molar-refractivity contribution in [3.63, 3.8) is 0 Å². The lowest BCUT2D eigenvalue weighted by Gasteiger charge is -2.21. The smallest absolute Gasteiger partial charge is 0.0547 e. The highest BCUT2D eigenvalue weighted by atomic mass is 32.2. The fourth-order valence-electron chi connectivity index (χ4n) is 1.44. The van der Waals surface area contributed by atoms with Crippen molar-refractivity contribution in [3.8, 4) is 0 Å². The second-order valence-corrected chi connectivity index (χ2v) is 6.01. The average Bonchev–Trinajstić information content (AvgIpc) is 2.28. The summed E-state index contributed by atoms with van der Waals surface area (Å²) >= 11 is 4.09. The molecule has 1 aromatic rings. The third-order valence-corrected chi connectivity index (χ3v) is 5.02. The molecule has 0 aliphatic carbocycles. The molecule has 0 bridgehead atoms. The van der Waals surface area contributed by atoms with E-state index in [1.807, 2.05) is 24.0 Å². The summed E-state index contributed by atoms with van der Waals surface area (Å²) in [6.45, 7) is 1.00. The van der Waals surface area contributed by atoms with Crippen LogP contribution in [0.4, 0.5) is 11.4 Å².